The summed E-state index contributed by atoms with van der Waals surface area (Å²) in [6, 6.07) is 0. The van der Waals surface area contributed by atoms with Gasteiger partial charge in [-0.3, -0.25) is 4.79 Å². The lowest BCUT2D eigenvalue weighted by Gasteiger charge is -2.01. The van der Waals surface area contributed by atoms with Crippen molar-refractivity contribution in [2.75, 3.05) is 7.11 Å². The number of Topliss-reactive ketones (excluding diaryl/α,β-unsaturated/α-hetero) is 1. The molecule has 2 aromatic heterocycles. The highest BCUT2D eigenvalue weighted by atomic mass is 16.5. The summed E-state index contributed by atoms with van der Waals surface area (Å²) in [4.78, 5) is 19.6. The third kappa shape index (κ3) is 1.67. The van der Waals surface area contributed by atoms with Crippen molar-refractivity contribution in [3.05, 3.63) is 23.3 Å². The average Bonchev–Trinajstić information content (AvgIpc) is 2.62. The average molecular weight is 220 g/mol. The Morgan fingerprint density at radius 3 is 2.94 bits per heavy atom. The summed E-state index contributed by atoms with van der Waals surface area (Å²) < 4.78 is 6.50. The third-order valence-corrected chi connectivity index (χ3v) is 2.30. The van der Waals surface area contributed by atoms with Crippen LogP contribution in [0.15, 0.2) is 6.20 Å². The fourth-order valence-corrected chi connectivity index (χ4v) is 1.52. The van der Waals surface area contributed by atoms with E-state index in [9.17, 15) is 4.79 Å². The molecular formula is C10H12N4O2. The molecule has 0 atom stereocenters. The van der Waals surface area contributed by atoms with E-state index in [-0.39, 0.29) is 5.78 Å². The number of aromatic nitrogens is 4. The Balaban J connectivity index is 2.60. The maximum Gasteiger partial charge on any atom is 0.252 e. The van der Waals surface area contributed by atoms with E-state index in [1.165, 1.54) is 13.1 Å². The van der Waals surface area contributed by atoms with E-state index in [0.29, 0.717) is 23.8 Å². The number of ether oxygens (including phenoxy) is 1. The molecule has 0 fully saturated rings. The van der Waals surface area contributed by atoms with E-state index < -0.39 is 0 Å². The van der Waals surface area contributed by atoms with E-state index >= 15 is 0 Å². The highest BCUT2D eigenvalue weighted by Gasteiger charge is 2.12. The number of carbonyl (C=O) groups excluding carboxylic acids is 1. The van der Waals surface area contributed by atoms with Crippen LogP contribution in [0, 0.1) is 6.92 Å². The summed E-state index contributed by atoms with van der Waals surface area (Å²) in [7, 11) is 1.58. The van der Waals surface area contributed by atoms with Crippen LogP contribution in [-0.4, -0.2) is 32.5 Å². The standard InChI is InChI=1S/C10H12N4O2/c1-6-8(7(2)15)4-11-10-12-9(5-16-3)13-14(6)10/h4H,5H2,1-3H3. The topological polar surface area (TPSA) is 69.4 Å². The van der Waals surface area contributed by atoms with Crippen LogP contribution in [-0.2, 0) is 11.3 Å². The molecule has 0 unspecified atom stereocenters. The lowest BCUT2D eigenvalue weighted by molar-refractivity contribution is 0.101. The number of nitrogens with zero attached hydrogens (tertiary/aromatic N) is 4. The van der Waals surface area contributed by atoms with Crippen LogP contribution in [0.3, 0.4) is 0 Å². The van der Waals surface area contributed by atoms with E-state index in [0.717, 1.165) is 5.69 Å². The molecule has 0 aromatic carbocycles. The molecule has 0 saturated heterocycles. The van der Waals surface area contributed by atoms with Crippen LogP contribution in [0.5, 0.6) is 0 Å². The number of carbonyl (C=O) groups is 1. The Morgan fingerprint density at radius 1 is 1.56 bits per heavy atom. The van der Waals surface area contributed by atoms with E-state index in [2.05, 4.69) is 15.1 Å². The molecular weight excluding hydrogens is 208 g/mol. The highest BCUT2D eigenvalue weighted by Crippen LogP contribution is 2.09. The first kappa shape index (κ1) is 10.7. The van der Waals surface area contributed by atoms with Crippen molar-refractivity contribution in [2.45, 2.75) is 20.5 Å². The van der Waals surface area contributed by atoms with Crippen LogP contribution in [0.25, 0.3) is 5.78 Å². The molecule has 2 heterocycles. The summed E-state index contributed by atoms with van der Waals surface area (Å²) in [5.41, 5.74) is 1.30. The summed E-state index contributed by atoms with van der Waals surface area (Å²) in [5, 5.41) is 4.21. The Hall–Kier alpha value is -1.82. The summed E-state index contributed by atoms with van der Waals surface area (Å²) >= 11 is 0. The zero-order chi connectivity index (χ0) is 11.7. The van der Waals surface area contributed by atoms with Gasteiger partial charge in [0.1, 0.15) is 6.61 Å². The molecule has 0 saturated carbocycles. The second kappa shape index (κ2) is 3.97. The van der Waals surface area contributed by atoms with Crippen LogP contribution in [0.2, 0.25) is 0 Å². The molecule has 2 aromatic rings. The number of aryl methyl sites for hydroxylation is 1. The lowest BCUT2D eigenvalue weighted by atomic mass is 10.2. The molecule has 0 radical (unpaired) electrons. The number of hydrogen-bond donors (Lipinski definition) is 0. The molecule has 16 heavy (non-hydrogen) atoms. The van der Waals surface area contributed by atoms with Crippen LogP contribution < -0.4 is 0 Å². The number of fused-ring (bicyclic) bond motifs is 1. The normalized spacial score (nSPS) is 10.9. The predicted octanol–water partition coefficient (Wildman–Crippen LogP) is 0.782. The Labute approximate surface area is 92.3 Å². The summed E-state index contributed by atoms with van der Waals surface area (Å²) in [6.07, 6.45) is 1.53. The fraction of sp³-hybridized carbons (Fsp3) is 0.400. The van der Waals surface area contributed by atoms with Gasteiger partial charge in [-0.15, -0.1) is 5.10 Å². The minimum absolute atomic E-state index is 0.0318. The molecule has 2 rings (SSSR count). The molecule has 6 heteroatoms. The SMILES string of the molecule is COCc1nc2ncc(C(C)=O)c(C)n2n1. The van der Waals surface area contributed by atoms with Gasteiger partial charge in [0.25, 0.3) is 5.78 Å². The van der Waals surface area contributed by atoms with Crippen molar-refractivity contribution >= 4 is 11.6 Å². The van der Waals surface area contributed by atoms with Gasteiger partial charge >= 0.3 is 0 Å². The van der Waals surface area contributed by atoms with Gasteiger partial charge in [-0.2, -0.15) is 4.98 Å². The number of hydrogen-bond acceptors (Lipinski definition) is 5. The zero-order valence-electron chi connectivity index (χ0n) is 9.39. The first-order valence-electron chi connectivity index (χ1n) is 4.84. The van der Waals surface area contributed by atoms with Gasteiger partial charge in [-0.05, 0) is 13.8 Å². The molecule has 0 aliphatic carbocycles. The Morgan fingerprint density at radius 2 is 2.31 bits per heavy atom. The minimum Gasteiger partial charge on any atom is -0.377 e. The Kier molecular flexibility index (Phi) is 2.66. The smallest absolute Gasteiger partial charge is 0.252 e. The largest absolute Gasteiger partial charge is 0.377 e. The van der Waals surface area contributed by atoms with E-state index in [1.807, 2.05) is 6.92 Å². The molecule has 6 nitrogen and oxygen atoms in total. The molecule has 0 bridgehead atoms. The first-order chi connectivity index (χ1) is 7.63. The van der Waals surface area contributed by atoms with Gasteiger partial charge in [-0.25, -0.2) is 9.50 Å². The maximum atomic E-state index is 11.3. The van der Waals surface area contributed by atoms with Crippen molar-refractivity contribution in [1.29, 1.82) is 0 Å². The summed E-state index contributed by atoms with van der Waals surface area (Å²) in [5.74, 6) is 1.00. The highest BCUT2D eigenvalue weighted by molar-refractivity contribution is 5.94. The first-order valence-corrected chi connectivity index (χ1v) is 4.84. The molecule has 0 aliphatic rings. The molecule has 84 valence electrons. The number of ketones is 1. The molecule has 0 spiro atoms. The molecule has 0 amide bonds. The molecule has 0 N–H and O–H groups in total. The Bertz CT molecular complexity index is 547. The molecule has 0 aliphatic heterocycles. The second-order valence-electron chi connectivity index (χ2n) is 3.49. The van der Waals surface area contributed by atoms with E-state index in [1.54, 1.807) is 11.6 Å². The van der Waals surface area contributed by atoms with Crippen molar-refractivity contribution in [3.63, 3.8) is 0 Å². The van der Waals surface area contributed by atoms with Crippen LogP contribution in [0.1, 0.15) is 28.8 Å². The van der Waals surface area contributed by atoms with Gasteiger partial charge < -0.3 is 4.74 Å². The van der Waals surface area contributed by atoms with Crippen molar-refractivity contribution in [3.8, 4) is 0 Å². The third-order valence-electron chi connectivity index (χ3n) is 2.30. The minimum atomic E-state index is -0.0318. The van der Waals surface area contributed by atoms with Crippen molar-refractivity contribution in [1.82, 2.24) is 19.6 Å². The van der Waals surface area contributed by atoms with Gasteiger partial charge in [0.15, 0.2) is 11.6 Å². The van der Waals surface area contributed by atoms with Gasteiger partial charge in [0.05, 0.1) is 11.3 Å². The second-order valence-corrected chi connectivity index (χ2v) is 3.49. The zero-order valence-corrected chi connectivity index (χ0v) is 9.39. The monoisotopic (exact) mass is 220 g/mol. The number of rotatable bonds is 3. The van der Waals surface area contributed by atoms with Crippen molar-refractivity contribution in [2.24, 2.45) is 0 Å². The van der Waals surface area contributed by atoms with Gasteiger partial charge in [0.2, 0.25) is 0 Å². The maximum absolute atomic E-state index is 11.3. The quantitative estimate of drug-likeness (QED) is 0.715. The summed E-state index contributed by atoms with van der Waals surface area (Å²) in [6.45, 7) is 3.65. The van der Waals surface area contributed by atoms with Crippen molar-refractivity contribution < 1.29 is 9.53 Å². The predicted molar refractivity (Wildman–Crippen MR) is 56.2 cm³/mol. The van der Waals surface area contributed by atoms with Gasteiger partial charge in [0, 0.05) is 13.3 Å². The lowest BCUT2D eigenvalue weighted by Crippen LogP contribution is -2.05. The number of methoxy groups -OCH3 is 1. The van der Waals surface area contributed by atoms with Crippen LogP contribution >= 0.6 is 0 Å². The van der Waals surface area contributed by atoms with E-state index in [4.69, 9.17) is 4.74 Å². The van der Waals surface area contributed by atoms with Gasteiger partial charge in [-0.1, -0.05) is 0 Å². The fourth-order valence-electron chi connectivity index (χ4n) is 1.52. The van der Waals surface area contributed by atoms with Crippen LogP contribution in [0.4, 0.5) is 0 Å².